The van der Waals surface area contributed by atoms with E-state index >= 15 is 0 Å². The normalized spacial score (nSPS) is 11.4. The van der Waals surface area contributed by atoms with Crippen LogP contribution in [0.3, 0.4) is 0 Å². The fourth-order valence-electron chi connectivity index (χ4n) is 1.59. The molecule has 0 spiro atoms. The Morgan fingerprint density at radius 1 is 1.33 bits per heavy atom. The number of nitrogens with zero attached hydrogens (tertiary/aromatic N) is 1. The molecule has 0 atom stereocenters. The summed E-state index contributed by atoms with van der Waals surface area (Å²) in [5.74, 6) is 1.99. The van der Waals surface area contributed by atoms with Gasteiger partial charge in [0.2, 0.25) is 0 Å². The molecule has 1 rings (SSSR count). The summed E-state index contributed by atoms with van der Waals surface area (Å²) < 4.78 is 0. The molecule has 2 N–H and O–H groups in total. The lowest BCUT2D eigenvalue weighted by molar-refractivity contribution is 0.843. The molecular weight excluding hydrogens is 242 g/mol. The summed E-state index contributed by atoms with van der Waals surface area (Å²) in [7, 11) is 0. The van der Waals surface area contributed by atoms with Gasteiger partial charge < -0.3 is 10.6 Å². The summed E-state index contributed by atoms with van der Waals surface area (Å²) in [6.45, 7) is 6.74. The first-order valence-electron chi connectivity index (χ1n) is 6.33. The zero-order chi connectivity index (χ0) is 13.2. The van der Waals surface area contributed by atoms with Crippen LogP contribution in [0.2, 0.25) is 0 Å². The topological polar surface area (TPSA) is 36.4 Å². The Balaban J connectivity index is 2.53. The van der Waals surface area contributed by atoms with Gasteiger partial charge >= 0.3 is 0 Å². The van der Waals surface area contributed by atoms with E-state index in [4.69, 9.17) is 0 Å². The Kier molecular flexibility index (Phi) is 7.34. The second-order valence-corrected chi connectivity index (χ2v) is 5.09. The van der Waals surface area contributed by atoms with E-state index in [9.17, 15) is 0 Å². The van der Waals surface area contributed by atoms with Crippen LogP contribution in [0.5, 0.6) is 0 Å². The lowest BCUT2D eigenvalue weighted by Gasteiger charge is -2.10. The largest absolute Gasteiger partial charge is 0.357 e. The lowest BCUT2D eigenvalue weighted by atomic mass is 10.1. The van der Waals surface area contributed by atoms with E-state index < -0.39 is 0 Å². The molecule has 18 heavy (non-hydrogen) atoms. The molecule has 0 unspecified atom stereocenters. The smallest absolute Gasteiger partial charge is 0.191 e. The van der Waals surface area contributed by atoms with Crippen molar-refractivity contribution in [3.63, 3.8) is 0 Å². The van der Waals surface area contributed by atoms with Crippen molar-refractivity contribution < 1.29 is 0 Å². The van der Waals surface area contributed by atoms with Crippen molar-refractivity contribution in [2.75, 3.05) is 25.1 Å². The number of nitrogens with one attached hydrogen (secondary N) is 2. The highest BCUT2D eigenvalue weighted by Crippen LogP contribution is 2.04. The van der Waals surface area contributed by atoms with Crippen molar-refractivity contribution in [1.82, 2.24) is 10.6 Å². The number of aliphatic imine (C=N–C) groups is 1. The molecule has 0 fully saturated rings. The van der Waals surface area contributed by atoms with E-state index in [1.165, 1.54) is 11.1 Å². The van der Waals surface area contributed by atoms with Crippen LogP contribution in [0.25, 0.3) is 0 Å². The number of hydrogen-bond acceptors (Lipinski definition) is 2. The first-order valence-corrected chi connectivity index (χ1v) is 7.72. The average molecular weight is 265 g/mol. The van der Waals surface area contributed by atoms with Gasteiger partial charge in [0, 0.05) is 18.8 Å². The number of benzene rings is 1. The Labute approximate surface area is 114 Å². The highest BCUT2D eigenvalue weighted by molar-refractivity contribution is 7.98. The minimum Gasteiger partial charge on any atom is -0.357 e. The van der Waals surface area contributed by atoms with E-state index in [2.05, 4.69) is 60.0 Å². The molecule has 0 saturated heterocycles. The summed E-state index contributed by atoms with van der Waals surface area (Å²) >= 11 is 1.83. The summed E-state index contributed by atoms with van der Waals surface area (Å²) in [4.78, 5) is 4.58. The molecule has 0 bridgehead atoms. The predicted molar refractivity (Wildman–Crippen MR) is 82.4 cm³/mol. The van der Waals surface area contributed by atoms with Crippen LogP contribution < -0.4 is 10.6 Å². The van der Waals surface area contributed by atoms with Gasteiger partial charge in [0.05, 0.1) is 6.54 Å². The molecule has 0 amide bonds. The Hall–Kier alpha value is -1.16. The van der Waals surface area contributed by atoms with E-state index in [1.54, 1.807) is 0 Å². The Bertz CT molecular complexity index is 377. The molecule has 0 aromatic heterocycles. The van der Waals surface area contributed by atoms with Gasteiger partial charge in [0.1, 0.15) is 0 Å². The average Bonchev–Trinajstić information content (AvgIpc) is 2.36. The van der Waals surface area contributed by atoms with Crippen LogP contribution in [-0.2, 0) is 6.54 Å². The monoisotopic (exact) mass is 265 g/mol. The van der Waals surface area contributed by atoms with Crippen molar-refractivity contribution in [2.24, 2.45) is 4.99 Å². The second kappa shape index (κ2) is 8.86. The molecule has 4 heteroatoms. The number of aryl methyl sites for hydroxylation is 1. The summed E-state index contributed by atoms with van der Waals surface area (Å²) in [6.07, 6.45) is 2.11. The third kappa shape index (κ3) is 5.96. The molecule has 100 valence electrons. The molecule has 0 aliphatic rings. The van der Waals surface area contributed by atoms with Crippen LogP contribution >= 0.6 is 11.8 Å². The molecule has 0 aliphatic carbocycles. The standard InChI is InChI=1S/C14H23N3S/c1-4-15-14(16-8-9-18-3)17-11-13-7-5-6-12(2)10-13/h5-7,10H,4,8-9,11H2,1-3H3,(H2,15,16,17). The van der Waals surface area contributed by atoms with Gasteiger partial charge in [0.25, 0.3) is 0 Å². The number of thioether (sulfide) groups is 1. The molecule has 0 heterocycles. The fraction of sp³-hybridized carbons (Fsp3) is 0.500. The van der Waals surface area contributed by atoms with Crippen molar-refractivity contribution in [2.45, 2.75) is 20.4 Å². The van der Waals surface area contributed by atoms with Crippen molar-refractivity contribution in [1.29, 1.82) is 0 Å². The Morgan fingerprint density at radius 3 is 2.83 bits per heavy atom. The predicted octanol–water partition coefficient (Wildman–Crippen LogP) is 2.41. The van der Waals surface area contributed by atoms with Crippen LogP contribution in [0.1, 0.15) is 18.1 Å². The molecule has 0 radical (unpaired) electrons. The van der Waals surface area contributed by atoms with E-state index in [1.807, 2.05) is 11.8 Å². The van der Waals surface area contributed by atoms with Crippen LogP contribution in [0, 0.1) is 6.92 Å². The van der Waals surface area contributed by atoms with Gasteiger partial charge in [0.15, 0.2) is 5.96 Å². The van der Waals surface area contributed by atoms with Gasteiger partial charge in [-0.25, -0.2) is 4.99 Å². The highest BCUT2D eigenvalue weighted by Gasteiger charge is 1.97. The minimum atomic E-state index is 0.719. The lowest BCUT2D eigenvalue weighted by Crippen LogP contribution is -2.38. The Morgan fingerprint density at radius 2 is 2.17 bits per heavy atom. The quantitative estimate of drug-likeness (QED) is 0.471. The van der Waals surface area contributed by atoms with Gasteiger partial charge in [-0.1, -0.05) is 29.8 Å². The first-order chi connectivity index (χ1) is 8.76. The molecule has 0 saturated carbocycles. The maximum atomic E-state index is 4.58. The molecule has 1 aromatic carbocycles. The van der Waals surface area contributed by atoms with Crippen LogP contribution in [-0.4, -0.2) is 31.1 Å². The van der Waals surface area contributed by atoms with Gasteiger partial charge in [-0.05, 0) is 25.7 Å². The highest BCUT2D eigenvalue weighted by atomic mass is 32.2. The maximum Gasteiger partial charge on any atom is 0.191 e. The summed E-state index contributed by atoms with van der Waals surface area (Å²) in [5, 5.41) is 6.58. The zero-order valence-corrected chi connectivity index (χ0v) is 12.3. The van der Waals surface area contributed by atoms with Gasteiger partial charge in [-0.3, -0.25) is 0 Å². The molecular formula is C14H23N3S. The van der Waals surface area contributed by atoms with E-state index in [0.717, 1.165) is 31.3 Å². The van der Waals surface area contributed by atoms with Crippen molar-refractivity contribution in [3.8, 4) is 0 Å². The van der Waals surface area contributed by atoms with Crippen molar-refractivity contribution >= 4 is 17.7 Å². The van der Waals surface area contributed by atoms with E-state index in [-0.39, 0.29) is 0 Å². The number of hydrogen-bond donors (Lipinski definition) is 2. The third-order valence-corrected chi connectivity index (χ3v) is 3.06. The number of rotatable bonds is 6. The summed E-state index contributed by atoms with van der Waals surface area (Å²) in [5.41, 5.74) is 2.53. The summed E-state index contributed by atoms with van der Waals surface area (Å²) in [6, 6.07) is 8.47. The van der Waals surface area contributed by atoms with Crippen LogP contribution in [0.4, 0.5) is 0 Å². The zero-order valence-electron chi connectivity index (χ0n) is 11.5. The fourth-order valence-corrected chi connectivity index (χ4v) is 1.90. The molecule has 1 aromatic rings. The second-order valence-electron chi connectivity index (χ2n) is 4.10. The molecule has 0 aliphatic heterocycles. The van der Waals surface area contributed by atoms with Gasteiger partial charge in [-0.2, -0.15) is 11.8 Å². The van der Waals surface area contributed by atoms with E-state index in [0.29, 0.717) is 0 Å². The molecule has 3 nitrogen and oxygen atoms in total. The third-order valence-electron chi connectivity index (χ3n) is 2.45. The maximum absolute atomic E-state index is 4.58. The minimum absolute atomic E-state index is 0.719. The SMILES string of the molecule is CCNC(=NCc1cccc(C)c1)NCCSC. The van der Waals surface area contributed by atoms with Gasteiger partial charge in [-0.15, -0.1) is 0 Å². The van der Waals surface area contributed by atoms with Crippen LogP contribution in [0.15, 0.2) is 29.3 Å². The first kappa shape index (κ1) is 14.9. The number of guanidine groups is 1. The van der Waals surface area contributed by atoms with Crippen molar-refractivity contribution in [3.05, 3.63) is 35.4 Å².